The normalized spacial score (nSPS) is 23.2. The van der Waals surface area contributed by atoms with E-state index in [0.29, 0.717) is 18.4 Å². The van der Waals surface area contributed by atoms with Gasteiger partial charge in [0.1, 0.15) is 0 Å². The van der Waals surface area contributed by atoms with E-state index >= 15 is 0 Å². The number of amides is 1. The Balaban J connectivity index is 1.71. The summed E-state index contributed by atoms with van der Waals surface area (Å²) in [6, 6.07) is 4.07. The van der Waals surface area contributed by atoms with E-state index in [9.17, 15) is 4.79 Å². The van der Waals surface area contributed by atoms with E-state index < -0.39 is 0 Å². The Hall–Kier alpha value is -2.15. The molecule has 150 valence electrons. The number of carbonyl (C=O) groups is 1. The molecule has 7 heteroatoms. The van der Waals surface area contributed by atoms with Crippen LogP contribution in [0.2, 0.25) is 0 Å². The second-order valence-electron chi connectivity index (χ2n) is 7.58. The topological polar surface area (TPSA) is 72.7 Å². The van der Waals surface area contributed by atoms with E-state index in [2.05, 4.69) is 40.9 Å². The van der Waals surface area contributed by atoms with Crippen molar-refractivity contribution in [2.24, 2.45) is 11.8 Å². The van der Waals surface area contributed by atoms with Gasteiger partial charge in [0, 0.05) is 30.5 Å². The number of thioether (sulfide) groups is 1. The van der Waals surface area contributed by atoms with Crippen molar-refractivity contribution in [3.8, 4) is 11.4 Å². The molecule has 4 atom stereocenters. The van der Waals surface area contributed by atoms with Gasteiger partial charge in [0.15, 0.2) is 11.0 Å². The van der Waals surface area contributed by atoms with Crippen LogP contribution in [0, 0.1) is 11.8 Å². The standard InChI is InChI=1S/C21H29N5OS/c1-5-13-26-19(17-9-11-22-12-10-17)24-25-21(26)28-16(4)20(27)23-18-8-6-7-14(2)15(18)3/h5,9-12,14-16,18H,1,6-8,13H2,2-4H3,(H,23,27)/t14-,15-,16-,18-/m1/s1. The fraction of sp³-hybridized carbons (Fsp3) is 0.524. The molecule has 1 saturated carbocycles. The van der Waals surface area contributed by atoms with Crippen molar-refractivity contribution in [2.75, 3.05) is 0 Å². The summed E-state index contributed by atoms with van der Waals surface area (Å²) in [6.07, 6.45) is 8.78. The Bertz CT molecular complexity index is 806. The lowest BCUT2D eigenvalue weighted by Gasteiger charge is -2.35. The predicted octanol–water partition coefficient (Wildman–Crippen LogP) is 3.95. The van der Waals surface area contributed by atoms with Crippen LogP contribution >= 0.6 is 11.8 Å². The Labute approximate surface area is 171 Å². The number of pyridine rings is 1. The van der Waals surface area contributed by atoms with Crippen molar-refractivity contribution in [3.63, 3.8) is 0 Å². The van der Waals surface area contributed by atoms with Gasteiger partial charge in [0.05, 0.1) is 5.25 Å². The Morgan fingerprint density at radius 2 is 2.11 bits per heavy atom. The molecule has 0 radical (unpaired) electrons. The molecule has 6 nitrogen and oxygen atoms in total. The van der Waals surface area contributed by atoms with Crippen molar-refractivity contribution < 1.29 is 4.79 Å². The second-order valence-corrected chi connectivity index (χ2v) is 8.89. The molecule has 0 unspecified atom stereocenters. The summed E-state index contributed by atoms with van der Waals surface area (Å²) in [5.74, 6) is 1.99. The third-order valence-electron chi connectivity index (χ3n) is 5.65. The van der Waals surface area contributed by atoms with Crippen molar-refractivity contribution in [1.29, 1.82) is 0 Å². The molecule has 2 aromatic rings. The van der Waals surface area contributed by atoms with Crippen LogP contribution in [0.5, 0.6) is 0 Å². The zero-order chi connectivity index (χ0) is 20.1. The zero-order valence-corrected chi connectivity index (χ0v) is 17.7. The van der Waals surface area contributed by atoms with E-state index in [1.54, 1.807) is 12.4 Å². The number of carbonyl (C=O) groups excluding carboxylic acids is 1. The maximum atomic E-state index is 12.8. The number of aromatic nitrogens is 4. The van der Waals surface area contributed by atoms with Crippen molar-refractivity contribution in [3.05, 3.63) is 37.2 Å². The number of hydrogen-bond acceptors (Lipinski definition) is 5. The lowest BCUT2D eigenvalue weighted by Crippen LogP contribution is -2.46. The monoisotopic (exact) mass is 399 g/mol. The smallest absolute Gasteiger partial charge is 0.233 e. The molecule has 1 N–H and O–H groups in total. The first kappa shape index (κ1) is 20.6. The SMILES string of the molecule is C=CCn1c(S[C@H](C)C(=O)N[C@@H]2CCC[C@@H](C)[C@H]2C)nnc1-c1ccncc1. The highest BCUT2D eigenvalue weighted by Crippen LogP contribution is 2.31. The van der Waals surface area contributed by atoms with E-state index in [1.165, 1.54) is 24.6 Å². The first-order chi connectivity index (χ1) is 13.5. The Morgan fingerprint density at radius 3 is 2.82 bits per heavy atom. The van der Waals surface area contributed by atoms with E-state index in [4.69, 9.17) is 0 Å². The molecule has 0 bridgehead atoms. The van der Waals surface area contributed by atoms with Crippen LogP contribution in [0.4, 0.5) is 0 Å². The molecule has 0 aliphatic heterocycles. The molecule has 1 amide bonds. The second kappa shape index (κ2) is 9.37. The van der Waals surface area contributed by atoms with Crippen molar-refractivity contribution in [2.45, 2.75) is 63.0 Å². The Kier molecular flexibility index (Phi) is 6.88. The molecular formula is C21H29N5OS. The minimum atomic E-state index is -0.248. The summed E-state index contributed by atoms with van der Waals surface area (Å²) in [5.41, 5.74) is 0.943. The third-order valence-corrected chi connectivity index (χ3v) is 6.73. The fourth-order valence-electron chi connectivity index (χ4n) is 3.68. The average Bonchev–Trinajstić information content (AvgIpc) is 3.08. The number of rotatable bonds is 7. The molecule has 1 aliphatic rings. The van der Waals surface area contributed by atoms with Crippen LogP contribution in [0.1, 0.15) is 40.0 Å². The molecule has 0 spiro atoms. The molecule has 0 aromatic carbocycles. The maximum Gasteiger partial charge on any atom is 0.233 e. The number of allylic oxidation sites excluding steroid dienone is 1. The van der Waals surface area contributed by atoms with Gasteiger partial charge in [0.2, 0.25) is 5.91 Å². The molecule has 2 heterocycles. The van der Waals surface area contributed by atoms with Crippen LogP contribution < -0.4 is 5.32 Å². The maximum absolute atomic E-state index is 12.8. The summed E-state index contributed by atoms with van der Waals surface area (Å²) < 4.78 is 1.99. The van der Waals surface area contributed by atoms with E-state index in [1.807, 2.05) is 29.7 Å². The van der Waals surface area contributed by atoms with Crippen LogP contribution in [0.25, 0.3) is 11.4 Å². The quantitative estimate of drug-likeness (QED) is 0.564. The highest BCUT2D eigenvalue weighted by molar-refractivity contribution is 8.00. The van der Waals surface area contributed by atoms with Crippen molar-refractivity contribution >= 4 is 17.7 Å². The summed E-state index contributed by atoms with van der Waals surface area (Å²) in [5, 5.41) is 12.4. The van der Waals surface area contributed by atoms with Crippen LogP contribution in [-0.2, 0) is 11.3 Å². The summed E-state index contributed by atoms with van der Waals surface area (Å²) in [7, 11) is 0. The first-order valence-corrected chi connectivity index (χ1v) is 10.8. The molecule has 2 aromatic heterocycles. The number of nitrogens with one attached hydrogen (secondary N) is 1. The van der Waals surface area contributed by atoms with E-state index in [0.717, 1.165) is 23.0 Å². The lowest BCUT2D eigenvalue weighted by atomic mass is 9.78. The van der Waals surface area contributed by atoms with Crippen LogP contribution in [0.3, 0.4) is 0 Å². The molecule has 28 heavy (non-hydrogen) atoms. The highest BCUT2D eigenvalue weighted by atomic mass is 32.2. The van der Waals surface area contributed by atoms with Crippen LogP contribution in [-0.4, -0.2) is 36.9 Å². The molecule has 1 aliphatic carbocycles. The van der Waals surface area contributed by atoms with Gasteiger partial charge >= 0.3 is 0 Å². The molecule has 1 fully saturated rings. The average molecular weight is 400 g/mol. The van der Waals surface area contributed by atoms with E-state index in [-0.39, 0.29) is 17.2 Å². The predicted molar refractivity (Wildman–Crippen MR) is 113 cm³/mol. The van der Waals surface area contributed by atoms with Gasteiger partial charge in [-0.25, -0.2) is 0 Å². The van der Waals surface area contributed by atoms with Gasteiger partial charge in [-0.2, -0.15) is 0 Å². The summed E-state index contributed by atoms with van der Waals surface area (Å²) in [6.45, 7) is 10.9. The molecule has 0 saturated heterocycles. The fourth-order valence-corrected chi connectivity index (χ4v) is 4.55. The van der Waals surface area contributed by atoms with Gasteiger partial charge in [0.25, 0.3) is 0 Å². The summed E-state index contributed by atoms with van der Waals surface area (Å²) in [4.78, 5) is 16.9. The van der Waals surface area contributed by atoms with Gasteiger partial charge in [-0.1, -0.05) is 44.5 Å². The molecular weight excluding hydrogens is 370 g/mol. The third kappa shape index (κ3) is 4.63. The minimum absolute atomic E-state index is 0.0644. The largest absolute Gasteiger partial charge is 0.352 e. The van der Waals surface area contributed by atoms with Gasteiger partial charge < -0.3 is 5.32 Å². The highest BCUT2D eigenvalue weighted by Gasteiger charge is 2.30. The lowest BCUT2D eigenvalue weighted by molar-refractivity contribution is -0.121. The minimum Gasteiger partial charge on any atom is -0.352 e. The van der Waals surface area contributed by atoms with Gasteiger partial charge in [-0.15, -0.1) is 16.8 Å². The number of hydrogen-bond donors (Lipinski definition) is 1. The Morgan fingerprint density at radius 1 is 1.36 bits per heavy atom. The van der Waals surface area contributed by atoms with Gasteiger partial charge in [-0.05, 0) is 37.3 Å². The first-order valence-electron chi connectivity index (χ1n) is 9.92. The number of nitrogens with zero attached hydrogens (tertiary/aromatic N) is 4. The zero-order valence-electron chi connectivity index (χ0n) is 16.8. The summed E-state index contributed by atoms with van der Waals surface area (Å²) >= 11 is 1.44. The van der Waals surface area contributed by atoms with Gasteiger partial charge in [-0.3, -0.25) is 14.3 Å². The van der Waals surface area contributed by atoms with Crippen LogP contribution in [0.15, 0.2) is 42.3 Å². The van der Waals surface area contributed by atoms with Crippen molar-refractivity contribution in [1.82, 2.24) is 25.1 Å². The molecule has 3 rings (SSSR count).